The Kier molecular flexibility index (Phi) is 7.18. The van der Waals surface area contributed by atoms with Crippen molar-refractivity contribution in [2.24, 2.45) is 0 Å². The van der Waals surface area contributed by atoms with Crippen LogP contribution >= 0.6 is 0 Å². The molecule has 1 aromatic rings. The Labute approximate surface area is 103 Å². The van der Waals surface area contributed by atoms with Crippen LogP contribution < -0.4 is 14.8 Å². The van der Waals surface area contributed by atoms with Gasteiger partial charge in [0.1, 0.15) is 11.5 Å². The maximum atomic E-state index is 8.56. The summed E-state index contributed by atoms with van der Waals surface area (Å²) >= 11 is 0. The SMILES string of the molecule is CCOc1ccc(OCCCNCCO)cc1. The molecule has 0 aliphatic rings. The highest BCUT2D eigenvalue weighted by molar-refractivity contribution is 5.31. The zero-order chi connectivity index (χ0) is 12.3. The first-order chi connectivity index (χ1) is 8.36. The van der Waals surface area contributed by atoms with E-state index in [0.29, 0.717) is 19.8 Å². The zero-order valence-electron chi connectivity index (χ0n) is 10.3. The number of rotatable bonds is 9. The van der Waals surface area contributed by atoms with Gasteiger partial charge in [0.05, 0.1) is 19.8 Å². The second-order valence-electron chi connectivity index (χ2n) is 3.58. The third-order valence-electron chi connectivity index (χ3n) is 2.19. The quantitative estimate of drug-likeness (QED) is 0.640. The summed E-state index contributed by atoms with van der Waals surface area (Å²) in [7, 11) is 0. The van der Waals surface area contributed by atoms with Crippen molar-refractivity contribution in [1.29, 1.82) is 0 Å². The van der Waals surface area contributed by atoms with E-state index in [1.54, 1.807) is 0 Å². The third-order valence-corrected chi connectivity index (χ3v) is 2.19. The van der Waals surface area contributed by atoms with Crippen LogP contribution in [-0.4, -0.2) is 38.0 Å². The first kappa shape index (κ1) is 13.8. The minimum absolute atomic E-state index is 0.180. The van der Waals surface area contributed by atoms with Gasteiger partial charge in [-0.1, -0.05) is 0 Å². The molecule has 4 heteroatoms. The standard InChI is InChI=1S/C13H21NO3/c1-2-16-12-4-6-13(7-5-12)17-11-3-8-14-9-10-15/h4-7,14-15H,2-3,8-11H2,1H3. The highest BCUT2D eigenvalue weighted by atomic mass is 16.5. The molecule has 0 radical (unpaired) electrons. The summed E-state index contributed by atoms with van der Waals surface area (Å²) in [5.41, 5.74) is 0. The smallest absolute Gasteiger partial charge is 0.119 e. The highest BCUT2D eigenvalue weighted by Crippen LogP contribution is 2.17. The summed E-state index contributed by atoms with van der Waals surface area (Å²) in [5, 5.41) is 11.7. The average Bonchev–Trinajstić information content (AvgIpc) is 2.36. The maximum absolute atomic E-state index is 8.56. The highest BCUT2D eigenvalue weighted by Gasteiger charge is 1.95. The summed E-state index contributed by atoms with van der Waals surface area (Å²) in [6, 6.07) is 7.63. The van der Waals surface area contributed by atoms with E-state index in [0.717, 1.165) is 24.5 Å². The van der Waals surface area contributed by atoms with Gasteiger partial charge in [-0.3, -0.25) is 0 Å². The van der Waals surface area contributed by atoms with Crippen molar-refractivity contribution >= 4 is 0 Å². The molecule has 0 bridgehead atoms. The predicted molar refractivity (Wildman–Crippen MR) is 67.7 cm³/mol. The van der Waals surface area contributed by atoms with Crippen LogP contribution in [0, 0.1) is 0 Å². The topological polar surface area (TPSA) is 50.7 Å². The van der Waals surface area contributed by atoms with Crippen LogP contribution in [0.1, 0.15) is 13.3 Å². The largest absolute Gasteiger partial charge is 0.494 e. The third kappa shape index (κ3) is 6.14. The number of aliphatic hydroxyl groups is 1. The van der Waals surface area contributed by atoms with E-state index in [1.165, 1.54) is 0 Å². The molecule has 0 unspecified atom stereocenters. The predicted octanol–water partition coefficient (Wildman–Crippen LogP) is 1.44. The van der Waals surface area contributed by atoms with E-state index in [-0.39, 0.29) is 6.61 Å². The summed E-state index contributed by atoms with van der Waals surface area (Å²) in [6.45, 7) is 4.99. The maximum Gasteiger partial charge on any atom is 0.119 e. The fourth-order valence-corrected chi connectivity index (χ4v) is 1.39. The van der Waals surface area contributed by atoms with E-state index in [2.05, 4.69) is 5.32 Å². The molecule has 0 atom stereocenters. The molecule has 2 N–H and O–H groups in total. The molecule has 17 heavy (non-hydrogen) atoms. The van der Waals surface area contributed by atoms with E-state index in [4.69, 9.17) is 14.6 Å². The van der Waals surface area contributed by atoms with Crippen molar-refractivity contribution in [3.63, 3.8) is 0 Å². The molecule has 0 aliphatic carbocycles. The number of benzene rings is 1. The first-order valence-corrected chi connectivity index (χ1v) is 6.04. The molecule has 4 nitrogen and oxygen atoms in total. The van der Waals surface area contributed by atoms with Crippen LogP contribution in [0.4, 0.5) is 0 Å². The number of hydrogen-bond donors (Lipinski definition) is 2. The summed E-state index contributed by atoms with van der Waals surface area (Å²) in [6.07, 6.45) is 0.924. The van der Waals surface area contributed by atoms with Crippen molar-refractivity contribution in [1.82, 2.24) is 5.32 Å². The van der Waals surface area contributed by atoms with Gasteiger partial charge in [0.15, 0.2) is 0 Å². The van der Waals surface area contributed by atoms with Gasteiger partial charge in [-0.15, -0.1) is 0 Å². The van der Waals surface area contributed by atoms with Gasteiger partial charge >= 0.3 is 0 Å². The molecule has 0 spiro atoms. The van der Waals surface area contributed by atoms with Gasteiger partial charge in [0.25, 0.3) is 0 Å². The van der Waals surface area contributed by atoms with Gasteiger partial charge in [-0.25, -0.2) is 0 Å². The van der Waals surface area contributed by atoms with Crippen LogP contribution in [0.2, 0.25) is 0 Å². The minimum atomic E-state index is 0.180. The Morgan fingerprint density at radius 2 is 1.71 bits per heavy atom. The number of nitrogens with one attached hydrogen (secondary N) is 1. The lowest BCUT2D eigenvalue weighted by Crippen LogP contribution is -2.20. The van der Waals surface area contributed by atoms with Crippen LogP contribution in [0.15, 0.2) is 24.3 Å². The van der Waals surface area contributed by atoms with E-state index in [1.807, 2.05) is 31.2 Å². The Balaban J connectivity index is 2.14. The molecule has 0 saturated heterocycles. The normalized spacial score (nSPS) is 10.2. The second kappa shape index (κ2) is 8.84. The average molecular weight is 239 g/mol. The Bertz CT molecular complexity index is 287. The molecule has 0 fully saturated rings. The van der Waals surface area contributed by atoms with Gasteiger partial charge < -0.3 is 19.9 Å². The zero-order valence-corrected chi connectivity index (χ0v) is 10.3. The van der Waals surface area contributed by atoms with Crippen LogP contribution in [0.5, 0.6) is 11.5 Å². The number of ether oxygens (including phenoxy) is 2. The molecular formula is C13H21NO3. The van der Waals surface area contributed by atoms with Crippen LogP contribution in [0.25, 0.3) is 0 Å². The molecule has 0 aliphatic heterocycles. The second-order valence-corrected chi connectivity index (χ2v) is 3.58. The molecule has 1 aromatic carbocycles. The van der Waals surface area contributed by atoms with Gasteiger partial charge in [0.2, 0.25) is 0 Å². The van der Waals surface area contributed by atoms with Crippen LogP contribution in [-0.2, 0) is 0 Å². The van der Waals surface area contributed by atoms with Gasteiger partial charge in [-0.05, 0) is 44.2 Å². The van der Waals surface area contributed by atoms with E-state index >= 15 is 0 Å². The summed E-state index contributed by atoms with van der Waals surface area (Å²) in [5.74, 6) is 1.72. The summed E-state index contributed by atoms with van der Waals surface area (Å²) in [4.78, 5) is 0. The molecule has 0 saturated carbocycles. The number of hydrogen-bond acceptors (Lipinski definition) is 4. The molecule has 0 aromatic heterocycles. The van der Waals surface area contributed by atoms with Gasteiger partial charge in [0, 0.05) is 6.54 Å². The van der Waals surface area contributed by atoms with Crippen molar-refractivity contribution in [3.8, 4) is 11.5 Å². The van der Waals surface area contributed by atoms with Gasteiger partial charge in [-0.2, -0.15) is 0 Å². The Hall–Kier alpha value is -1.26. The monoisotopic (exact) mass is 239 g/mol. The summed E-state index contributed by atoms with van der Waals surface area (Å²) < 4.78 is 10.9. The van der Waals surface area contributed by atoms with Crippen molar-refractivity contribution < 1.29 is 14.6 Å². The fourth-order valence-electron chi connectivity index (χ4n) is 1.39. The fraction of sp³-hybridized carbons (Fsp3) is 0.538. The first-order valence-electron chi connectivity index (χ1n) is 6.04. The molecule has 0 amide bonds. The van der Waals surface area contributed by atoms with E-state index < -0.39 is 0 Å². The lowest BCUT2D eigenvalue weighted by atomic mass is 10.3. The van der Waals surface area contributed by atoms with Crippen molar-refractivity contribution in [2.75, 3.05) is 32.9 Å². The Morgan fingerprint density at radius 1 is 1.06 bits per heavy atom. The molecule has 0 heterocycles. The lowest BCUT2D eigenvalue weighted by molar-refractivity contribution is 0.281. The molecular weight excluding hydrogens is 218 g/mol. The molecule has 96 valence electrons. The van der Waals surface area contributed by atoms with Crippen LogP contribution in [0.3, 0.4) is 0 Å². The number of aliphatic hydroxyl groups excluding tert-OH is 1. The van der Waals surface area contributed by atoms with E-state index in [9.17, 15) is 0 Å². The minimum Gasteiger partial charge on any atom is -0.494 e. The molecule has 1 rings (SSSR count). The van der Waals surface area contributed by atoms with Crippen molar-refractivity contribution in [2.45, 2.75) is 13.3 Å². The Morgan fingerprint density at radius 3 is 2.29 bits per heavy atom. The lowest BCUT2D eigenvalue weighted by Gasteiger charge is -2.08. The van der Waals surface area contributed by atoms with Crippen molar-refractivity contribution in [3.05, 3.63) is 24.3 Å².